The predicted octanol–water partition coefficient (Wildman–Crippen LogP) is -0.00930. The van der Waals surface area contributed by atoms with E-state index in [1.165, 1.54) is 6.07 Å². The van der Waals surface area contributed by atoms with E-state index in [1.807, 2.05) is 0 Å². The molecule has 5 heteroatoms. The monoisotopic (exact) mass is 235 g/mol. The first-order chi connectivity index (χ1) is 8.25. The molecule has 1 atom stereocenters. The first-order valence-electron chi connectivity index (χ1n) is 5.92. The van der Waals surface area contributed by atoms with Crippen LogP contribution in [0.4, 0.5) is 0 Å². The van der Waals surface area contributed by atoms with Gasteiger partial charge in [-0.05, 0) is 24.9 Å². The molecule has 1 aromatic rings. The molecule has 5 nitrogen and oxygen atoms in total. The van der Waals surface area contributed by atoms with Gasteiger partial charge in [0.25, 0.3) is 0 Å². The van der Waals surface area contributed by atoms with E-state index in [1.54, 1.807) is 12.3 Å². The molecule has 0 saturated carbocycles. The van der Waals surface area contributed by atoms with Gasteiger partial charge < -0.3 is 15.6 Å². The first kappa shape index (κ1) is 11.9. The summed E-state index contributed by atoms with van der Waals surface area (Å²) in [5.41, 5.74) is 0.776. The number of H-pyrrole nitrogens is 1. The number of piperidine rings is 1. The quantitative estimate of drug-likeness (QED) is 0.690. The van der Waals surface area contributed by atoms with Crippen molar-refractivity contribution in [2.75, 3.05) is 13.1 Å². The molecule has 0 aliphatic carbocycles. The maximum absolute atomic E-state index is 11.8. The molecule has 1 aromatic heterocycles. The number of pyridine rings is 1. The standard InChI is InChI=1S/C12H17N3O2/c16-11-4-3-9(6-14-11)7-15-12(17)10-2-1-5-13-8-10/h3-4,6,10,13H,1-2,5,7-8H2,(H,14,16)(H,15,17). The van der Waals surface area contributed by atoms with Crippen LogP contribution in [0, 0.1) is 5.92 Å². The van der Waals surface area contributed by atoms with Crippen LogP contribution in [0.3, 0.4) is 0 Å². The number of aromatic amines is 1. The topological polar surface area (TPSA) is 74.0 Å². The van der Waals surface area contributed by atoms with Crippen molar-refractivity contribution in [3.8, 4) is 0 Å². The fraction of sp³-hybridized carbons (Fsp3) is 0.500. The number of aromatic nitrogens is 1. The van der Waals surface area contributed by atoms with Gasteiger partial charge in [-0.2, -0.15) is 0 Å². The summed E-state index contributed by atoms with van der Waals surface area (Å²) in [6.07, 6.45) is 3.63. The Hall–Kier alpha value is -1.62. The second-order valence-corrected chi connectivity index (χ2v) is 4.32. The van der Waals surface area contributed by atoms with Crippen LogP contribution in [-0.2, 0) is 11.3 Å². The molecule has 2 heterocycles. The zero-order valence-electron chi connectivity index (χ0n) is 9.66. The number of rotatable bonds is 3. The average molecular weight is 235 g/mol. The van der Waals surface area contributed by atoms with Gasteiger partial charge in [-0.3, -0.25) is 9.59 Å². The zero-order chi connectivity index (χ0) is 12.1. The maximum Gasteiger partial charge on any atom is 0.247 e. The number of carbonyl (C=O) groups excluding carboxylic acids is 1. The molecule has 1 saturated heterocycles. The summed E-state index contributed by atoms with van der Waals surface area (Å²) >= 11 is 0. The van der Waals surface area contributed by atoms with Crippen molar-refractivity contribution in [3.63, 3.8) is 0 Å². The van der Waals surface area contributed by atoms with Crippen molar-refractivity contribution in [2.45, 2.75) is 19.4 Å². The van der Waals surface area contributed by atoms with Crippen LogP contribution in [-0.4, -0.2) is 24.0 Å². The van der Waals surface area contributed by atoms with Gasteiger partial charge in [0.1, 0.15) is 0 Å². The van der Waals surface area contributed by atoms with Crippen LogP contribution in [0.15, 0.2) is 23.1 Å². The van der Waals surface area contributed by atoms with Crippen LogP contribution >= 0.6 is 0 Å². The molecule has 1 unspecified atom stereocenters. The van der Waals surface area contributed by atoms with Crippen molar-refractivity contribution in [3.05, 3.63) is 34.2 Å². The highest BCUT2D eigenvalue weighted by Gasteiger charge is 2.20. The molecule has 0 spiro atoms. The number of carbonyl (C=O) groups is 1. The second-order valence-electron chi connectivity index (χ2n) is 4.32. The smallest absolute Gasteiger partial charge is 0.247 e. The summed E-state index contributed by atoms with van der Waals surface area (Å²) in [6.45, 7) is 2.23. The Morgan fingerprint density at radius 2 is 2.35 bits per heavy atom. The Morgan fingerprint density at radius 3 is 3.00 bits per heavy atom. The number of hydrogen-bond donors (Lipinski definition) is 3. The third kappa shape index (κ3) is 3.42. The normalized spacial score (nSPS) is 19.9. The van der Waals surface area contributed by atoms with E-state index in [4.69, 9.17) is 0 Å². The van der Waals surface area contributed by atoms with E-state index in [0.29, 0.717) is 6.54 Å². The molecule has 1 aliphatic heterocycles. The van der Waals surface area contributed by atoms with E-state index in [2.05, 4.69) is 15.6 Å². The molecule has 1 amide bonds. The van der Waals surface area contributed by atoms with E-state index in [0.717, 1.165) is 31.5 Å². The lowest BCUT2D eigenvalue weighted by atomic mass is 9.99. The zero-order valence-corrected chi connectivity index (χ0v) is 9.66. The highest BCUT2D eigenvalue weighted by Crippen LogP contribution is 2.09. The Balaban J connectivity index is 1.83. The predicted molar refractivity (Wildman–Crippen MR) is 64.5 cm³/mol. The van der Waals surface area contributed by atoms with E-state index >= 15 is 0 Å². The summed E-state index contributed by atoms with van der Waals surface area (Å²) in [4.78, 5) is 25.3. The van der Waals surface area contributed by atoms with E-state index in [9.17, 15) is 9.59 Å². The fourth-order valence-electron chi connectivity index (χ4n) is 1.96. The fourth-order valence-corrected chi connectivity index (χ4v) is 1.96. The van der Waals surface area contributed by atoms with Gasteiger partial charge in [-0.25, -0.2) is 0 Å². The van der Waals surface area contributed by atoms with Gasteiger partial charge in [-0.1, -0.05) is 6.07 Å². The van der Waals surface area contributed by atoms with Gasteiger partial charge in [0.15, 0.2) is 0 Å². The minimum absolute atomic E-state index is 0.0755. The minimum Gasteiger partial charge on any atom is -0.352 e. The van der Waals surface area contributed by atoms with Gasteiger partial charge in [0.05, 0.1) is 5.92 Å². The van der Waals surface area contributed by atoms with E-state index in [-0.39, 0.29) is 17.4 Å². The van der Waals surface area contributed by atoms with Gasteiger partial charge in [0, 0.05) is 25.4 Å². The molecular weight excluding hydrogens is 218 g/mol. The summed E-state index contributed by atoms with van der Waals surface area (Å²) < 4.78 is 0. The molecule has 0 aromatic carbocycles. The number of hydrogen-bond acceptors (Lipinski definition) is 3. The third-order valence-electron chi connectivity index (χ3n) is 2.98. The summed E-state index contributed by atoms with van der Waals surface area (Å²) in [5.74, 6) is 0.162. The molecule has 17 heavy (non-hydrogen) atoms. The van der Waals surface area contributed by atoms with Crippen LogP contribution in [0.1, 0.15) is 18.4 Å². The Morgan fingerprint density at radius 1 is 1.47 bits per heavy atom. The molecule has 2 rings (SSSR count). The van der Waals surface area contributed by atoms with Crippen LogP contribution in [0.2, 0.25) is 0 Å². The maximum atomic E-state index is 11.8. The molecule has 0 bridgehead atoms. The largest absolute Gasteiger partial charge is 0.352 e. The third-order valence-corrected chi connectivity index (χ3v) is 2.98. The van der Waals surface area contributed by atoms with Crippen molar-refractivity contribution < 1.29 is 4.79 Å². The minimum atomic E-state index is -0.128. The van der Waals surface area contributed by atoms with Gasteiger partial charge in [-0.15, -0.1) is 0 Å². The average Bonchev–Trinajstić information content (AvgIpc) is 2.39. The number of amides is 1. The Bertz CT molecular complexity index is 415. The van der Waals surface area contributed by atoms with E-state index < -0.39 is 0 Å². The van der Waals surface area contributed by atoms with Crippen molar-refractivity contribution in [1.29, 1.82) is 0 Å². The van der Waals surface area contributed by atoms with Crippen LogP contribution in [0.5, 0.6) is 0 Å². The molecule has 1 aliphatic rings. The Labute approximate surface area is 99.6 Å². The molecular formula is C12H17N3O2. The van der Waals surface area contributed by atoms with Crippen LogP contribution < -0.4 is 16.2 Å². The first-order valence-corrected chi connectivity index (χ1v) is 5.92. The molecule has 92 valence electrons. The van der Waals surface area contributed by atoms with Crippen molar-refractivity contribution in [1.82, 2.24) is 15.6 Å². The Kier molecular flexibility index (Phi) is 3.93. The van der Waals surface area contributed by atoms with Gasteiger partial charge in [0.2, 0.25) is 11.5 Å². The summed E-state index contributed by atoms with van der Waals surface area (Å²) in [6, 6.07) is 3.18. The lowest BCUT2D eigenvalue weighted by Crippen LogP contribution is -2.40. The highest BCUT2D eigenvalue weighted by atomic mass is 16.2. The lowest BCUT2D eigenvalue weighted by molar-refractivity contribution is -0.125. The number of nitrogens with one attached hydrogen (secondary N) is 3. The van der Waals surface area contributed by atoms with Crippen LogP contribution in [0.25, 0.3) is 0 Å². The van der Waals surface area contributed by atoms with Crippen molar-refractivity contribution in [2.24, 2.45) is 5.92 Å². The molecule has 3 N–H and O–H groups in total. The molecule has 1 fully saturated rings. The SMILES string of the molecule is O=C(NCc1ccc(=O)[nH]c1)C1CCCNC1. The lowest BCUT2D eigenvalue weighted by Gasteiger charge is -2.21. The second kappa shape index (κ2) is 5.63. The summed E-state index contributed by atoms with van der Waals surface area (Å²) in [5, 5.41) is 6.10. The van der Waals surface area contributed by atoms with Crippen molar-refractivity contribution >= 4 is 5.91 Å². The highest BCUT2D eigenvalue weighted by molar-refractivity contribution is 5.78. The summed E-state index contributed by atoms with van der Waals surface area (Å²) in [7, 11) is 0. The molecule has 0 radical (unpaired) electrons. The van der Waals surface area contributed by atoms with Gasteiger partial charge >= 0.3 is 0 Å².